The van der Waals surface area contributed by atoms with Crippen molar-refractivity contribution in [2.75, 3.05) is 19.8 Å². The van der Waals surface area contributed by atoms with Crippen molar-refractivity contribution in [1.82, 2.24) is 5.32 Å². The Morgan fingerprint density at radius 3 is 2.67 bits per heavy atom. The van der Waals surface area contributed by atoms with Crippen molar-refractivity contribution in [2.24, 2.45) is 5.92 Å². The van der Waals surface area contributed by atoms with E-state index in [2.05, 4.69) is 54.2 Å². The van der Waals surface area contributed by atoms with Gasteiger partial charge < -0.3 is 14.8 Å². The normalized spacial score (nSPS) is 17.0. The van der Waals surface area contributed by atoms with Gasteiger partial charge in [0.15, 0.2) is 0 Å². The number of hydrogen-bond donors (Lipinski definition) is 1. The lowest BCUT2D eigenvalue weighted by molar-refractivity contribution is 0.0496. The van der Waals surface area contributed by atoms with E-state index in [9.17, 15) is 0 Å². The van der Waals surface area contributed by atoms with E-state index in [0.29, 0.717) is 5.92 Å². The van der Waals surface area contributed by atoms with Gasteiger partial charge in [0.2, 0.25) is 0 Å². The second-order valence-corrected chi connectivity index (χ2v) is 7.64. The van der Waals surface area contributed by atoms with E-state index in [-0.39, 0.29) is 5.54 Å². The molecule has 0 amide bonds. The summed E-state index contributed by atoms with van der Waals surface area (Å²) in [5.74, 6) is 1.60. The summed E-state index contributed by atoms with van der Waals surface area (Å²) < 4.78 is 12.6. The van der Waals surface area contributed by atoms with Crippen LogP contribution in [0.25, 0.3) is 0 Å². The monoisotopic (exact) mass is 355 g/mol. The zero-order chi connectivity index (χ0) is 15.3. The quantitative estimate of drug-likeness (QED) is 0.860. The summed E-state index contributed by atoms with van der Waals surface area (Å²) in [6.45, 7) is 9.85. The molecule has 1 fully saturated rings. The van der Waals surface area contributed by atoms with Crippen LogP contribution in [0.4, 0.5) is 0 Å². The fourth-order valence-corrected chi connectivity index (χ4v) is 2.72. The molecule has 118 valence electrons. The molecule has 1 heterocycles. The molecule has 3 nitrogen and oxygen atoms in total. The van der Waals surface area contributed by atoms with E-state index in [4.69, 9.17) is 9.47 Å². The summed E-state index contributed by atoms with van der Waals surface area (Å²) in [5.41, 5.74) is 1.30. The smallest absolute Gasteiger partial charge is 0.123 e. The largest absolute Gasteiger partial charge is 0.493 e. The van der Waals surface area contributed by atoms with Crippen LogP contribution in [-0.4, -0.2) is 25.4 Å². The number of rotatable bonds is 5. The number of hydrogen-bond acceptors (Lipinski definition) is 3. The fourth-order valence-electron chi connectivity index (χ4n) is 2.31. The van der Waals surface area contributed by atoms with Gasteiger partial charge in [-0.1, -0.05) is 15.9 Å². The third kappa shape index (κ3) is 5.97. The maximum atomic E-state index is 6.08. The zero-order valence-corrected chi connectivity index (χ0v) is 14.8. The Kier molecular flexibility index (Phi) is 6.08. The van der Waals surface area contributed by atoms with Crippen LogP contribution in [0.15, 0.2) is 22.7 Å². The summed E-state index contributed by atoms with van der Waals surface area (Å²) in [6.07, 6.45) is 2.21. The molecule has 2 rings (SSSR count). The Morgan fingerprint density at radius 2 is 2.00 bits per heavy atom. The summed E-state index contributed by atoms with van der Waals surface area (Å²) in [5, 5.41) is 3.52. The molecule has 4 heteroatoms. The minimum absolute atomic E-state index is 0.0975. The van der Waals surface area contributed by atoms with Crippen molar-refractivity contribution in [3.8, 4) is 5.75 Å². The zero-order valence-electron chi connectivity index (χ0n) is 13.2. The topological polar surface area (TPSA) is 30.5 Å². The average molecular weight is 356 g/mol. The van der Waals surface area contributed by atoms with Crippen molar-refractivity contribution in [3.05, 3.63) is 28.2 Å². The minimum atomic E-state index is 0.0975. The number of ether oxygens (including phenoxy) is 2. The van der Waals surface area contributed by atoms with Crippen LogP contribution in [0.2, 0.25) is 0 Å². The van der Waals surface area contributed by atoms with Gasteiger partial charge in [-0.3, -0.25) is 0 Å². The number of benzene rings is 1. The highest BCUT2D eigenvalue weighted by Crippen LogP contribution is 2.25. The van der Waals surface area contributed by atoms with Gasteiger partial charge in [-0.05, 0) is 57.7 Å². The van der Waals surface area contributed by atoms with Crippen molar-refractivity contribution in [1.29, 1.82) is 0 Å². The van der Waals surface area contributed by atoms with Crippen molar-refractivity contribution >= 4 is 15.9 Å². The SMILES string of the molecule is CC(C)(C)NCc1cc(Br)ccc1OCC1CCOCC1. The molecule has 0 aromatic heterocycles. The predicted octanol–water partition coefficient (Wildman–Crippen LogP) is 4.14. The van der Waals surface area contributed by atoms with Crippen LogP contribution >= 0.6 is 15.9 Å². The van der Waals surface area contributed by atoms with E-state index < -0.39 is 0 Å². The first-order valence-electron chi connectivity index (χ1n) is 7.68. The van der Waals surface area contributed by atoms with Crippen LogP contribution in [-0.2, 0) is 11.3 Å². The molecule has 1 N–H and O–H groups in total. The molecule has 0 spiro atoms. The van der Waals surface area contributed by atoms with E-state index in [0.717, 1.165) is 49.4 Å². The predicted molar refractivity (Wildman–Crippen MR) is 89.8 cm³/mol. The van der Waals surface area contributed by atoms with Gasteiger partial charge in [0.1, 0.15) is 5.75 Å². The lowest BCUT2D eigenvalue weighted by atomic mass is 10.0. The number of nitrogens with one attached hydrogen (secondary N) is 1. The summed E-state index contributed by atoms with van der Waals surface area (Å²) in [7, 11) is 0. The van der Waals surface area contributed by atoms with Crippen molar-refractivity contribution < 1.29 is 9.47 Å². The van der Waals surface area contributed by atoms with Gasteiger partial charge in [-0.15, -0.1) is 0 Å². The molecule has 21 heavy (non-hydrogen) atoms. The third-order valence-electron chi connectivity index (χ3n) is 3.65. The molecule has 1 aromatic carbocycles. The second-order valence-electron chi connectivity index (χ2n) is 6.72. The number of halogens is 1. The molecule has 1 aliphatic rings. The summed E-state index contributed by atoms with van der Waals surface area (Å²) >= 11 is 3.54. The third-order valence-corrected chi connectivity index (χ3v) is 4.14. The highest BCUT2D eigenvalue weighted by Gasteiger charge is 2.16. The van der Waals surface area contributed by atoms with Gasteiger partial charge >= 0.3 is 0 Å². The van der Waals surface area contributed by atoms with E-state index in [1.807, 2.05) is 6.07 Å². The Balaban J connectivity index is 1.96. The second kappa shape index (κ2) is 7.61. The van der Waals surface area contributed by atoms with E-state index in [1.165, 1.54) is 5.56 Å². The molecule has 0 radical (unpaired) electrons. The van der Waals surface area contributed by atoms with Crippen LogP contribution in [0.1, 0.15) is 39.2 Å². The lowest BCUT2D eigenvalue weighted by Gasteiger charge is -2.24. The molecular weight excluding hydrogens is 330 g/mol. The fraction of sp³-hybridized carbons (Fsp3) is 0.647. The van der Waals surface area contributed by atoms with Gasteiger partial charge in [0.25, 0.3) is 0 Å². The van der Waals surface area contributed by atoms with Crippen LogP contribution < -0.4 is 10.1 Å². The minimum Gasteiger partial charge on any atom is -0.493 e. The van der Waals surface area contributed by atoms with E-state index >= 15 is 0 Å². The molecular formula is C17H26BrNO2. The van der Waals surface area contributed by atoms with Crippen LogP contribution in [0.3, 0.4) is 0 Å². The summed E-state index contributed by atoms with van der Waals surface area (Å²) in [4.78, 5) is 0. The summed E-state index contributed by atoms with van der Waals surface area (Å²) in [6, 6.07) is 6.24. The first kappa shape index (κ1) is 16.8. The van der Waals surface area contributed by atoms with Gasteiger partial charge in [-0.25, -0.2) is 0 Å². The highest BCUT2D eigenvalue weighted by molar-refractivity contribution is 9.10. The molecule has 0 unspecified atom stereocenters. The molecule has 0 atom stereocenters. The van der Waals surface area contributed by atoms with E-state index in [1.54, 1.807) is 0 Å². The standard InChI is InChI=1S/C17H26BrNO2/c1-17(2,3)19-11-14-10-15(18)4-5-16(14)21-12-13-6-8-20-9-7-13/h4-5,10,13,19H,6-9,11-12H2,1-3H3. The Labute approximate surface area is 136 Å². The molecule has 1 aliphatic heterocycles. The van der Waals surface area contributed by atoms with Crippen LogP contribution in [0.5, 0.6) is 5.75 Å². The molecule has 1 saturated heterocycles. The van der Waals surface area contributed by atoms with Gasteiger partial charge in [0.05, 0.1) is 6.61 Å². The van der Waals surface area contributed by atoms with Gasteiger partial charge in [0, 0.05) is 35.3 Å². The van der Waals surface area contributed by atoms with Crippen molar-refractivity contribution in [3.63, 3.8) is 0 Å². The Bertz CT molecular complexity index is 451. The maximum Gasteiger partial charge on any atom is 0.123 e. The average Bonchev–Trinajstić information content (AvgIpc) is 2.44. The molecule has 0 bridgehead atoms. The molecule has 0 saturated carbocycles. The van der Waals surface area contributed by atoms with Gasteiger partial charge in [-0.2, -0.15) is 0 Å². The first-order valence-corrected chi connectivity index (χ1v) is 8.47. The van der Waals surface area contributed by atoms with Crippen molar-refractivity contribution in [2.45, 2.75) is 45.7 Å². The molecule has 0 aliphatic carbocycles. The lowest BCUT2D eigenvalue weighted by Crippen LogP contribution is -2.35. The Hall–Kier alpha value is -0.580. The maximum absolute atomic E-state index is 6.08. The highest BCUT2D eigenvalue weighted by atomic mass is 79.9. The Morgan fingerprint density at radius 1 is 1.29 bits per heavy atom. The first-order chi connectivity index (χ1) is 9.94. The van der Waals surface area contributed by atoms with Crippen LogP contribution in [0, 0.1) is 5.92 Å². The molecule has 1 aromatic rings.